The second-order valence-corrected chi connectivity index (χ2v) is 2.30. The van der Waals surface area contributed by atoms with Gasteiger partial charge in [0.1, 0.15) is 16.9 Å². The van der Waals surface area contributed by atoms with Crippen molar-refractivity contribution in [1.29, 1.82) is 5.26 Å². The van der Waals surface area contributed by atoms with Crippen molar-refractivity contribution in [2.75, 3.05) is 0 Å². The van der Waals surface area contributed by atoms with E-state index in [9.17, 15) is 0 Å². The maximum atomic E-state index is 8.47. The highest BCUT2D eigenvalue weighted by molar-refractivity contribution is 6.29. The molecule has 0 aliphatic carbocycles. The van der Waals surface area contributed by atoms with Gasteiger partial charge in [0.25, 0.3) is 0 Å². The van der Waals surface area contributed by atoms with Gasteiger partial charge >= 0.3 is 0 Å². The van der Waals surface area contributed by atoms with Crippen molar-refractivity contribution >= 4 is 11.6 Å². The van der Waals surface area contributed by atoms with E-state index in [1.165, 1.54) is 0 Å². The Kier molecular flexibility index (Phi) is 1.88. The van der Waals surface area contributed by atoms with Gasteiger partial charge in [-0.2, -0.15) is 5.26 Å². The zero-order chi connectivity index (χ0) is 7.56. The number of nitriles is 1. The highest BCUT2D eigenvalue weighted by Gasteiger charge is 1.97. The van der Waals surface area contributed by atoms with Crippen LogP contribution in [0.25, 0.3) is 0 Å². The average molecular weight is 153 g/mol. The number of halogens is 1. The predicted octanol–water partition coefficient (Wildman–Crippen LogP) is 1.92. The molecule has 0 saturated carbocycles. The zero-order valence-electron chi connectivity index (χ0n) is 5.43. The Bertz CT molecular complexity index is 288. The number of pyridine rings is 1. The molecule has 0 aromatic carbocycles. The molecule has 10 heavy (non-hydrogen) atoms. The molecule has 0 amide bonds. The summed E-state index contributed by atoms with van der Waals surface area (Å²) in [5, 5.41) is 8.83. The first-order valence-corrected chi connectivity index (χ1v) is 3.15. The molecule has 0 bridgehead atoms. The highest BCUT2D eigenvalue weighted by atomic mass is 35.5. The van der Waals surface area contributed by atoms with Crippen LogP contribution in [0.4, 0.5) is 0 Å². The Morgan fingerprint density at radius 2 is 2.30 bits per heavy atom. The summed E-state index contributed by atoms with van der Waals surface area (Å²) in [6, 6.07) is 5.38. The van der Waals surface area contributed by atoms with Crippen molar-refractivity contribution in [3.05, 3.63) is 28.5 Å². The van der Waals surface area contributed by atoms with E-state index < -0.39 is 0 Å². The Hall–Kier alpha value is -1.07. The lowest BCUT2D eigenvalue weighted by Gasteiger charge is -1.93. The number of nitrogens with zero attached hydrogens (tertiary/aromatic N) is 2. The fourth-order valence-electron chi connectivity index (χ4n) is 0.618. The third-order valence-electron chi connectivity index (χ3n) is 1.17. The summed E-state index contributed by atoms with van der Waals surface area (Å²) < 4.78 is 0. The van der Waals surface area contributed by atoms with Crippen LogP contribution in [0.1, 0.15) is 11.3 Å². The van der Waals surface area contributed by atoms with Crippen LogP contribution < -0.4 is 0 Å². The molecule has 0 saturated heterocycles. The van der Waals surface area contributed by atoms with Gasteiger partial charge in [0.15, 0.2) is 0 Å². The van der Waals surface area contributed by atoms with Gasteiger partial charge in [-0.1, -0.05) is 17.7 Å². The normalized spacial score (nSPS) is 8.90. The molecule has 0 radical (unpaired) electrons. The fraction of sp³-hybridized carbons (Fsp3) is 0.143. The molecule has 50 valence electrons. The van der Waals surface area contributed by atoms with E-state index in [0.29, 0.717) is 10.8 Å². The van der Waals surface area contributed by atoms with Gasteiger partial charge in [0.05, 0.1) is 0 Å². The quantitative estimate of drug-likeness (QED) is 0.533. The van der Waals surface area contributed by atoms with Gasteiger partial charge in [-0.25, -0.2) is 4.98 Å². The topological polar surface area (TPSA) is 36.7 Å². The summed E-state index contributed by atoms with van der Waals surface area (Å²) in [6.07, 6.45) is 0. The molecule has 2 nitrogen and oxygen atoms in total. The molecule has 0 atom stereocenters. The third kappa shape index (κ3) is 1.26. The Balaban J connectivity index is 3.25. The average Bonchev–Trinajstić information content (AvgIpc) is 1.94. The van der Waals surface area contributed by atoms with E-state index in [4.69, 9.17) is 16.9 Å². The smallest absolute Gasteiger partial charge is 0.145 e. The summed E-state index contributed by atoms with van der Waals surface area (Å²) in [6.45, 7) is 1.82. The van der Waals surface area contributed by atoms with Crippen LogP contribution in [0.3, 0.4) is 0 Å². The van der Waals surface area contributed by atoms with E-state index >= 15 is 0 Å². The molecule has 0 fully saturated rings. The minimum absolute atomic E-state index is 0.363. The molecule has 0 aliphatic heterocycles. The number of hydrogen-bond donors (Lipinski definition) is 0. The van der Waals surface area contributed by atoms with Crippen LogP contribution in [0.15, 0.2) is 12.1 Å². The van der Waals surface area contributed by atoms with Gasteiger partial charge in [-0.05, 0) is 18.6 Å². The van der Waals surface area contributed by atoms with E-state index in [-0.39, 0.29) is 0 Å². The SMILES string of the molecule is Cc1ccc(Cl)nc1C#N. The summed E-state index contributed by atoms with van der Waals surface area (Å²) in [5.74, 6) is 0. The molecular formula is C7H5ClN2. The molecule has 3 heteroatoms. The number of aromatic nitrogens is 1. The summed E-state index contributed by atoms with van der Waals surface area (Å²) in [4.78, 5) is 3.80. The Morgan fingerprint density at radius 3 is 2.80 bits per heavy atom. The van der Waals surface area contributed by atoms with Gasteiger partial charge in [0.2, 0.25) is 0 Å². The first-order chi connectivity index (χ1) is 4.74. The zero-order valence-corrected chi connectivity index (χ0v) is 6.18. The van der Waals surface area contributed by atoms with Gasteiger partial charge < -0.3 is 0 Å². The molecule has 1 aromatic rings. The lowest BCUT2D eigenvalue weighted by atomic mass is 10.2. The fourth-order valence-corrected chi connectivity index (χ4v) is 0.766. The molecule has 0 spiro atoms. The second-order valence-electron chi connectivity index (χ2n) is 1.91. The molecule has 0 N–H and O–H groups in total. The van der Waals surface area contributed by atoms with Crippen LogP contribution in [-0.4, -0.2) is 4.98 Å². The third-order valence-corrected chi connectivity index (χ3v) is 1.38. The van der Waals surface area contributed by atoms with Crippen LogP contribution in [0.2, 0.25) is 5.15 Å². The number of hydrogen-bond acceptors (Lipinski definition) is 2. The van der Waals surface area contributed by atoms with Crippen molar-refractivity contribution in [2.24, 2.45) is 0 Å². The van der Waals surface area contributed by atoms with Crippen molar-refractivity contribution in [1.82, 2.24) is 4.98 Å². The molecule has 1 rings (SSSR count). The molecule has 0 aliphatic rings. The molecular weight excluding hydrogens is 148 g/mol. The maximum Gasteiger partial charge on any atom is 0.145 e. The van der Waals surface area contributed by atoms with Crippen LogP contribution in [0.5, 0.6) is 0 Å². The minimum Gasteiger partial charge on any atom is -0.225 e. The lowest BCUT2D eigenvalue weighted by molar-refractivity contribution is 1.21. The highest BCUT2D eigenvalue weighted by Crippen LogP contribution is 2.08. The van der Waals surface area contributed by atoms with E-state index in [2.05, 4.69) is 4.98 Å². The van der Waals surface area contributed by atoms with Crippen molar-refractivity contribution in [2.45, 2.75) is 6.92 Å². The Morgan fingerprint density at radius 1 is 1.60 bits per heavy atom. The summed E-state index contributed by atoms with van der Waals surface area (Å²) in [7, 11) is 0. The van der Waals surface area contributed by atoms with Crippen molar-refractivity contribution in [3.8, 4) is 6.07 Å². The van der Waals surface area contributed by atoms with E-state index in [1.807, 2.05) is 13.0 Å². The molecule has 0 unspecified atom stereocenters. The monoisotopic (exact) mass is 152 g/mol. The standard InChI is InChI=1S/C7H5ClN2/c1-5-2-3-7(8)10-6(5)4-9/h2-3H,1H3. The Labute approximate surface area is 64.1 Å². The van der Waals surface area contributed by atoms with Gasteiger partial charge in [-0.15, -0.1) is 0 Å². The van der Waals surface area contributed by atoms with Crippen LogP contribution >= 0.6 is 11.6 Å². The summed E-state index contributed by atoms with van der Waals surface area (Å²) in [5.41, 5.74) is 1.25. The number of rotatable bonds is 0. The second kappa shape index (κ2) is 2.68. The first-order valence-electron chi connectivity index (χ1n) is 2.77. The first kappa shape index (κ1) is 7.04. The predicted molar refractivity (Wildman–Crippen MR) is 38.7 cm³/mol. The maximum absolute atomic E-state index is 8.47. The van der Waals surface area contributed by atoms with Gasteiger partial charge in [-0.3, -0.25) is 0 Å². The van der Waals surface area contributed by atoms with Crippen molar-refractivity contribution in [3.63, 3.8) is 0 Å². The number of aryl methyl sites for hydroxylation is 1. The van der Waals surface area contributed by atoms with Crippen LogP contribution in [-0.2, 0) is 0 Å². The molecule has 1 aromatic heterocycles. The lowest BCUT2D eigenvalue weighted by Crippen LogP contribution is -1.86. The summed E-state index contributed by atoms with van der Waals surface area (Å²) >= 11 is 5.53. The van der Waals surface area contributed by atoms with Gasteiger partial charge in [0, 0.05) is 0 Å². The minimum atomic E-state index is 0.363. The van der Waals surface area contributed by atoms with Crippen LogP contribution in [0, 0.1) is 18.3 Å². The van der Waals surface area contributed by atoms with E-state index in [1.54, 1.807) is 12.1 Å². The van der Waals surface area contributed by atoms with E-state index in [0.717, 1.165) is 5.56 Å². The largest absolute Gasteiger partial charge is 0.225 e. The van der Waals surface area contributed by atoms with Crippen molar-refractivity contribution < 1.29 is 0 Å². The molecule has 1 heterocycles.